The van der Waals surface area contributed by atoms with Gasteiger partial charge in [-0.25, -0.2) is 4.98 Å². The average Bonchev–Trinajstić information content (AvgIpc) is 2.81. The summed E-state index contributed by atoms with van der Waals surface area (Å²) in [4.78, 5) is 9.88. The predicted molar refractivity (Wildman–Crippen MR) is 113 cm³/mol. The van der Waals surface area contributed by atoms with Crippen molar-refractivity contribution in [2.24, 2.45) is 4.99 Å². The lowest BCUT2D eigenvalue weighted by atomic mass is 10.1. The lowest BCUT2D eigenvalue weighted by Crippen LogP contribution is -2.40. The Morgan fingerprint density at radius 1 is 1.25 bits per heavy atom. The molecule has 1 aliphatic rings. The summed E-state index contributed by atoms with van der Waals surface area (Å²) < 4.78 is 5.98. The first kappa shape index (κ1) is 21.6. The van der Waals surface area contributed by atoms with Crippen molar-refractivity contribution in [1.82, 2.24) is 15.6 Å². The summed E-state index contributed by atoms with van der Waals surface area (Å²) in [6, 6.07) is 0. The molecule has 138 valence electrons. The highest BCUT2D eigenvalue weighted by Crippen LogP contribution is 2.19. The van der Waals surface area contributed by atoms with Gasteiger partial charge in [-0.1, -0.05) is 25.7 Å². The van der Waals surface area contributed by atoms with Crippen LogP contribution in [0, 0.1) is 6.92 Å². The molecule has 2 N–H and O–H groups in total. The number of guanidine groups is 1. The van der Waals surface area contributed by atoms with Crippen LogP contribution in [0.5, 0.6) is 0 Å². The molecule has 5 nitrogen and oxygen atoms in total. The normalized spacial score (nSPS) is 16.3. The Morgan fingerprint density at radius 3 is 2.58 bits per heavy atom. The Bertz CT molecular complexity index is 473. The molecule has 2 rings (SSSR count). The van der Waals surface area contributed by atoms with E-state index in [0.29, 0.717) is 6.10 Å². The van der Waals surface area contributed by atoms with Crippen LogP contribution in [-0.2, 0) is 11.2 Å². The molecule has 0 spiro atoms. The number of aromatic nitrogens is 1. The van der Waals surface area contributed by atoms with Crippen molar-refractivity contribution in [2.45, 2.75) is 58.0 Å². The van der Waals surface area contributed by atoms with Crippen molar-refractivity contribution in [3.8, 4) is 0 Å². The first-order valence-corrected chi connectivity index (χ1v) is 9.57. The fourth-order valence-electron chi connectivity index (χ4n) is 2.83. The van der Waals surface area contributed by atoms with Crippen LogP contribution in [-0.4, -0.2) is 43.8 Å². The van der Waals surface area contributed by atoms with Crippen LogP contribution in [0.3, 0.4) is 0 Å². The van der Waals surface area contributed by atoms with E-state index in [2.05, 4.69) is 27.5 Å². The summed E-state index contributed by atoms with van der Waals surface area (Å²) >= 11 is 1.75. The molecule has 0 atom stereocenters. The Labute approximate surface area is 167 Å². The van der Waals surface area contributed by atoms with E-state index in [9.17, 15) is 0 Å². The van der Waals surface area contributed by atoms with Crippen LogP contribution >= 0.6 is 35.3 Å². The van der Waals surface area contributed by atoms with E-state index in [0.717, 1.165) is 32.1 Å². The third-order valence-electron chi connectivity index (χ3n) is 4.07. The number of ether oxygens (including phenoxy) is 1. The van der Waals surface area contributed by atoms with Gasteiger partial charge < -0.3 is 15.4 Å². The molecule has 0 saturated heterocycles. The largest absolute Gasteiger partial charge is 0.376 e. The van der Waals surface area contributed by atoms with Crippen molar-refractivity contribution < 1.29 is 4.74 Å². The van der Waals surface area contributed by atoms with E-state index in [1.807, 2.05) is 6.20 Å². The van der Waals surface area contributed by atoms with Gasteiger partial charge in [0.15, 0.2) is 5.96 Å². The van der Waals surface area contributed by atoms with E-state index >= 15 is 0 Å². The molecule has 1 aromatic heterocycles. The number of rotatable bonds is 7. The lowest BCUT2D eigenvalue weighted by Gasteiger charge is -2.16. The number of aryl methyl sites for hydroxylation is 1. The number of hydrogen-bond donors (Lipinski definition) is 2. The number of hydrogen-bond acceptors (Lipinski definition) is 4. The number of thiazole rings is 1. The van der Waals surface area contributed by atoms with Gasteiger partial charge >= 0.3 is 0 Å². The van der Waals surface area contributed by atoms with Crippen molar-refractivity contribution in [2.75, 3.05) is 26.7 Å². The van der Waals surface area contributed by atoms with E-state index in [1.165, 1.54) is 48.4 Å². The lowest BCUT2D eigenvalue weighted by molar-refractivity contribution is 0.0468. The summed E-state index contributed by atoms with van der Waals surface area (Å²) in [6.45, 7) is 4.48. The summed E-state index contributed by atoms with van der Waals surface area (Å²) in [5.74, 6) is 0.836. The van der Waals surface area contributed by atoms with E-state index in [-0.39, 0.29) is 24.0 Å². The zero-order valence-corrected chi connectivity index (χ0v) is 18.0. The molecular weight excluding hydrogens is 435 g/mol. The highest BCUT2D eigenvalue weighted by Gasteiger charge is 2.12. The topological polar surface area (TPSA) is 58.5 Å². The fourth-order valence-corrected chi connectivity index (χ4v) is 3.62. The van der Waals surface area contributed by atoms with Crippen LogP contribution in [0.4, 0.5) is 0 Å². The molecule has 0 radical (unpaired) electrons. The fraction of sp³-hybridized carbons (Fsp3) is 0.765. The van der Waals surface area contributed by atoms with Gasteiger partial charge in [-0.05, 0) is 19.8 Å². The molecule has 24 heavy (non-hydrogen) atoms. The van der Waals surface area contributed by atoms with Crippen molar-refractivity contribution in [1.29, 1.82) is 0 Å². The molecular formula is C17H31IN4OS. The van der Waals surface area contributed by atoms with Crippen molar-refractivity contribution >= 4 is 41.3 Å². The maximum absolute atomic E-state index is 5.98. The minimum Gasteiger partial charge on any atom is -0.376 e. The van der Waals surface area contributed by atoms with Crippen LogP contribution in [0.25, 0.3) is 0 Å². The first-order valence-electron chi connectivity index (χ1n) is 8.75. The Kier molecular flexibility index (Phi) is 11.6. The number of aliphatic imine (C=N–C) groups is 1. The molecule has 0 bridgehead atoms. The van der Waals surface area contributed by atoms with Gasteiger partial charge in [0, 0.05) is 37.6 Å². The van der Waals surface area contributed by atoms with E-state index in [4.69, 9.17) is 4.74 Å². The predicted octanol–water partition coefficient (Wildman–Crippen LogP) is 3.52. The second kappa shape index (κ2) is 12.9. The molecule has 1 aliphatic carbocycles. The van der Waals surface area contributed by atoms with Gasteiger partial charge in [-0.15, -0.1) is 35.3 Å². The van der Waals surface area contributed by atoms with E-state index in [1.54, 1.807) is 18.4 Å². The SMILES string of the molecule is CN=C(NCCOC1CCCCCC1)NCCc1ncc(C)s1.I. The number of nitrogens with one attached hydrogen (secondary N) is 2. The maximum Gasteiger partial charge on any atom is 0.191 e. The smallest absolute Gasteiger partial charge is 0.191 e. The summed E-state index contributed by atoms with van der Waals surface area (Å²) in [5.41, 5.74) is 0. The van der Waals surface area contributed by atoms with Crippen LogP contribution in [0.2, 0.25) is 0 Å². The van der Waals surface area contributed by atoms with Gasteiger partial charge in [-0.2, -0.15) is 0 Å². The number of nitrogens with zero attached hydrogens (tertiary/aromatic N) is 2. The maximum atomic E-state index is 5.98. The monoisotopic (exact) mass is 466 g/mol. The molecule has 1 aromatic rings. The van der Waals surface area contributed by atoms with Crippen molar-refractivity contribution in [3.05, 3.63) is 16.1 Å². The second-order valence-electron chi connectivity index (χ2n) is 6.02. The average molecular weight is 466 g/mol. The van der Waals surface area contributed by atoms with Crippen LogP contribution in [0.1, 0.15) is 48.4 Å². The Hall–Kier alpha value is -0.410. The van der Waals surface area contributed by atoms with Crippen LogP contribution < -0.4 is 10.6 Å². The molecule has 0 aromatic carbocycles. The third kappa shape index (κ3) is 8.62. The van der Waals surface area contributed by atoms with E-state index < -0.39 is 0 Å². The zero-order chi connectivity index (χ0) is 16.3. The molecule has 0 amide bonds. The molecule has 0 unspecified atom stereocenters. The molecule has 1 heterocycles. The summed E-state index contributed by atoms with van der Waals surface area (Å²) in [7, 11) is 1.80. The highest BCUT2D eigenvalue weighted by molar-refractivity contribution is 14.0. The second-order valence-corrected chi connectivity index (χ2v) is 7.34. The van der Waals surface area contributed by atoms with Crippen LogP contribution in [0.15, 0.2) is 11.2 Å². The quantitative estimate of drug-likeness (QED) is 0.212. The molecule has 0 aliphatic heterocycles. The zero-order valence-electron chi connectivity index (χ0n) is 14.8. The minimum absolute atomic E-state index is 0. The molecule has 1 saturated carbocycles. The van der Waals surface area contributed by atoms with Gasteiger partial charge in [-0.3, -0.25) is 4.99 Å². The van der Waals surface area contributed by atoms with Gasteiger partial charge in [0.1, 0.15) is 0 Å². The molecule has 7 heteroatoms. The van der Waals surface area contributed by atoms with Gasteiger partial charge in [0.05, 0.1) is 17.7 Å². The third-order valence-corrected chi connectivity index (χ3v) is 5.05. The minimum atomic E-state index is 0. The Morgan fingerprint density at radius 2 is 1.96 bits per heavy atom. The first-order chi connectivity index (χ1) is 11.3. The Balaban J connectivity index is 0.00000288. The highest BCUT2D eigenvalue weighted by atomic mass is 127. The standard InChI is InChI=1S/C17H30N4OS.HI/c1-14-13-21-16(23-14)9-10-19-17(18-2)20-11-12-22-15-7-5-3-4-6-8-15;/h13,15H,3-12H2,1-2H3,(H2,18,19,20);1H. The summed E-state index contributed by atoms with van der Waals surface area (Å²) in [5, 5.41) is 7.81. The summed E-state index contributed by atoms with van der Waals surface area (Å²) in [6.07, 6.45) is 11.1. The van der Waals surface area contributed by atoms with Gasteiger partial charge in [0.25, 0.3) is 0 Å². The number of halogens is 1. The van der Waals surface area contributed by atoms with Gasteiger partial charge in [0.2, 0.25) is 0 Å². The van der Waals surface area contributed by atoms with Crippen molar-refractivity contribution in [3.63, 3.8) is 0 Å². The molecule has 1 fully saturated rings.